The van der Waals surface area contributed by atoms with Crippen LogP contribution >= 0.6 is 0 Å². The van der Waals surface area contributed by atoms with E-state index in [1.54, 1.807) is 12.1 Å². The van der Waals surface area contributed by atoms with E-state index in [2.05, 4.69) is 11.4 Å². The average molecular weight is 388 g/mol. The molecule has 1 aliphatic heterocycles. The van der Waals surface area contributed by atoms with Gasteiger partial charge in [-0.2, -0.15) is 4.31 Å². The van der Waals surface area contributed by atoms with Gasteiger partial charge in [-0.3, -0.25) is 4.79 Å². The molecule has 1 saturated heterocycles. The van der Waals surface area contributed by atoms with Crippen molar-refractivity contribution in [2.75, 3.05) is 32.8 Å². The molecule has 1 fully saturated rings. The molecule has 144 valence electrons. The van der Waals surface area contributed by atoms with E-state index in [0.717, 1.165) is 6.42 Å². The van der Waals surface area contributed by atoms with E-state index in [-0.39, 0.29) is 10.8 Å². The van der Waals surface area contributed by atoms with Crippen LogP contribution in [0.15, 0.2) is 53.4 Å². The lowest BCUT2D eigenvalue weighted by Crippen LogP contribution is -2.40. The average Bonchev–Trinajstić information content (AvgIpc) is 2.69. The predicted octanol–water partition coefficient (Wildman–Crippen LogP) is 1.99. The van der Waals surface area contributed by atoms with Crippen molar-refractivity contribution in [2.45, 2.75) is 18.2 Å². The lowest BCUT2D eigenvalue weighted by molar-refractivity contribution is 0.0730. The first-order valence-corrected chi connectivity index (χ1v) is 10.4. The van der Waals surface area contributed by atoms with Crippen molar-refractivity contribution in [1.29, 1.82) is 0 Å². The maximum absolute atomic E-state index is 12.6. The maximum atomic E-state index is 12.6. The molecular weight excluding hydrogens is 364 g/mol. The van der Waals surface area contributed by atoms with E-state index in [4.69, 9.17) is 4.74 Å². The van der Waals surface area contributed by atoms with Crippen molar-refractivity contribution < 1.29 is 17.9 Å². The number of amides is 1. The second kappa shape index (κ2) is 8.65. The van der Waals surface area contributed by atoms with Gasteiger partial charge in [0.15, 0.2) is 0 Å². The standard InChI is InChI=1S/C20H24N2O4S/c1-16-3-2-4-17(15-16)9-10-21-20(23)18-5-7-19(8-6-18)27(24,25)22-11-13-26-14-12-22/h2-8,15H,9-14H2,1H3,(H,21,23). The van der Waals surface area contributed by atoms with Crippen LogP contribution in [-0.2, 0) is 21.2 Å². The van der Waals surface area contributed by atoms with Gasteiger partial charge in [-0.25, -0.2) is 8.42 Å². The Morgan fingerprint density at radius 1 is 1.11 bits per heavy atom. The van der Waals surface area contributed by atoms with E-state index in [9.17, 15) is 13.2 Å². The van der Waals surface area contributed by atoms with Crippen LogP contribution in [0.3, 0.4) is 0 Å². The number of sulfonamides is 1. The van der Waals surface area contributed by atoms with Crippen molar-refractivity contribution in [3.8, 4) is 0 Å². The molecule has 1 amide bonds. The summed E-state index contributed by atoms with van der Waals surface area (Å²) in [6, 6.07) is 14.2. The summed E-state index contributed by atoms with van der Waals surface area (Å²) in [5.41, 5.74) is 2.80. The molecule has 27 heavy (non-hydrogen) atoms. The minimum atomic E-state index is -3.54. The molecule has 0 unspecified atom stereocenters. The third-order valence-corrected chi connectivity index (χ3v) is 6.42. The highest BCUT2D eigenvalue weighted by atomic mass is 32.2. The minimum absolute atomic E-state index is 0.195. The fourth-order valence-corrected chi connectivity index (χ4v) is 4.41. The Kier molecular flexibility index (Phi) is 6.26. The molecular formula is C20H24N2O4S. The summed E-state index contributed by atoms with van der Waals surface area (Å²) in [6.45, 7) is 4.07. The van der Waals surface area contributed by atoms with Gasteiger partial charge in [-0.15, -0.1) is 0 Å². The lowest BCUT2D eigenvalue weighted by atomic mass is 10.1. The Bertz CT molecular complexity index is 888. The van der Waals surface area contributed by atoms with Crippen LogP contribution in [0.5, 0.6) is 0 Å². The number of morpholine rings is 1. The Labute approximate surface area is 160 Å². The highest BCUT2D eigenvalue weighted by Crippen LogP contribution is 2.17. The number of rotatable bonds is 6. The summed E-state index contributed by atoms with van der Waals surface area (Å²) < 4.78 is 31.8. The van der Waals surface area contributed by atoms with E-state index in [1.807, 2.05) is 25.1 Å². The molecule has 0 aliphatic carbocycles. The van der Waals surface area contributed by atoms with Crippen LogP contribution in [0, 0.1) is 6.92 Å². The largest absolute Gasteiger partial charge is 0.379 e. The second-order valence-electron chi connectivity index (χ2n) is 6.54. The number of carbonyl (C=O) groups excluding carboxylic acids is 1. The van der Waals surface area contributed by atoms with E-state index < -0.39 is 10.0 Å². The molecule has 6 nitrogen and oxygen atoms in total. The molecule has 1 aliphatic rings. The molecule has 2 aromatic rings. The van der Waals surface area contributed by atoms with E-state index in [1.165, 1.54) is 27.6 Å². The monoisotopic (exact) mass is 388 g/mol. The highest BCUT2D eigenvalue weighted by molar-refractivity contribution is 7.89. The Morgan fingerprint density at radius 3 is 2.48 bits per heavy atom. The number of nitrogens with zero attached hydrogens (tertiary/aromatic N) is 1. The molecule has 0 bridgehead atoms. The number of carbonyl (C=O) groups is 1. The fraction of sp³-hybridized carbons (Fsp3) is 0.350. The third kappa shape index (κ3) is 4.94. The van der Waals surface area contributed by atoms with Crippen molar-refractivity contribution in [1.82, 2.24) is 9.62 Å². The number of nitrogens with one attached hydrogen (secondary N) is 1. The quantitative estimate of drug-likeness (QED) is 0.821. The summed E-state index contributed by atoms with van der Waals surface area (Å²) in [5, 5.41) is 2.87. The molecule has 0 spiro atoms. The molecule has 0 atom stereocenters. The summed E-state index contributed by atoms with van der Waals surface area (Å²) in [7, 11) is -3.54. The summed E-state index contributed by atoms with van der Waals surface area (Å²) in [6.07, 6.45) is 0.747. The van der Waals surface area contributed by atoms with Crippen molar-refractivity contribution in [3.05, 3.63) is 65.2 Å². The van der Waals surface area contributed by atoms with Crippen molar-refractivity contribution in [3.63, 3.8) is 0 Å². The van der Waals surface area contributed by atoms with E-state index >= 15 is 0 Å². The molecule has 0 saturated carbocycles. The lowest BCUT2D eigenvalue weighted by Gasteiger charge is -2.26. The van der Waals surface area contributed by atoms with Gasteiger partial charge >= 0.3 is 0 Å². The van der Waals surface area contributed by atoms with Gasteiger partial charge in [0.2, 0.25) is 10.0 Å². The molecule has 2 aromatic carbocycles. The highest BCUT2D eigenvalue weighted by Gasteiger charge is 2.26. The molecule has 0 radical (unpaired) electrons. The van der Waals surface area contributed by atoms with Crippen LogP contribution in [0.2, 0.25) is 0 Å². The second-order valence-corrected chi connectivity index (χ2v) is 8.47. The van der Waals surface area contributed by atoms with Gasteiger partial charge in [-0.1, -0.05) is 29.8 Å². The summed E-state index contributed by atoms with van der Waals surface area (Å²) >= 11 is 0. The zero-order valence-electron chi connectivity index (χ0n) is 15.3. The first-order valence-electron chi connectivity index (χ1n) is 8.98. The van der Waals surface area contributed by atoms with Gasteiger partial charge in [0, 0.05) is 25.2 Å². The summed E-state index contributed by atoms with van der Waals surface area (Å²) in [5.74, 6) is -0.210. The number of benzene rings is 2. The normalized spacial score (nSPS) is 15.4. The number of hydrogen-bond acceptors (Lipinski definition) is 4. The Morgan fingerprint density at radius 2 is 1.81 bits per heavy atom. The van der Waals surface area contributed by atoms with Crippen LogP contribution in [0.25, 0.3) is 0 Å². The maximum Gasteiger partial charge on any atom is 0.251 e. The van der Waals surface area contributed by atoms with Crippen LogP contribution in [0.4, 0.5) is 0 Å². The van der Waals surface area contributed by atoms with E-state index in [0.29, 0.717) is 38.4 Å². The van der Waals surface area contributed by atoms with Gasteiger partial charge in [-0.05, 0) is 43.2 Å². The van der Waals surface area contributed by atoms with Crippen LogP contribution < -0.4 is 5.32 Å². The number of ether oxygens (including phenoxy) is 1. The molecule has 3 rings (SSSR count). The first kappa shape index (κ1) is 19.5. The first-order chi connectivity index (χ1) is 13.0. The molecule has 1 heterocycles. The fourth-order valence-electron chi connectivity index (χ4n) is 3.00. The SMILES string of the molecule is Cc1cccc(CCNC(=O)c2ccc(S(=O)(=O)N3CCOCC3)cc2)c1. The zero-order chi connectivity index (χ0) is 19.3. The van der Waals surface area contributed by atoms with Crippen molar-refractivity contribution >= 4 is 15.9 Å². The molecule has 7 heteroatoms. The molecule has 0 aromatic heterocycles. The number of aryl methyl sites for hydroxylation is 1. The topological polar surface area (TPSA) is 75.7 Å². The van der Waals surface area contributed by atoms with Gasteiger partial charge in [0.1, 0.15) is 0 Å². The third-order valence-electron chi connectivity index (χ3n) is 4.51. The summed E-state index contributed by atoms with van der Waals surface area (Å²) in [4.78, 5) is 12.5. The van der Waals surface area contributed by atoms with Crippen molar-refractivity contribution in [2.24, 2.45) is 0 Å². The smallest absolute Gasteiger partial charge is 0.251 e. The van der Waals surface area contributed by atoms with Crippen LogP contribution in [0.1, 0.15) is 21.5 Å². The Hall–Kier alpha value is -2.22. The van der Waals surface area contributed by atoms with Gasteiger partial charge in [0.05, 0.1) is 18.1 Å². The predicted molar refractivity (Wildman–Crippen MR) is 103 cm³/mol. The van der Waals surface area contributed by atoms with Crippen LogP contribution in [-0.4, -0.2) is 51.5 Å². The zero-order valence-corrected chi connectivity index (χ0v) is 16.2. The van der Waals surface area contributed by atoms with Gasteiger partial charge < -0.3 is 10.1 Å². The Balaban J connectivity index is 1.58. The minimum Gasteiger partial charge on any atom is -0.379 e. The number of hydrogen-bond donors (Lipinski definition) is 1. The molecule has 1 N–H and O–H groups in total. The van der Waals surface area contributed by atoms with Gasteiger partial charge in [0.25, 0.3) is 5.91 Å².